The van der Waals surface area contributed by atoms with Gasteiger partial charge in [0.1, 0.15) is 0 Å². The minimum Gasteiger partial charge on any atom is -0.399 e. The zero-order valence-corrected chi connectivity index (χ0v) is 14.5. The van der Waals surface area contributed by atoms with Crippen molar-refractivity contribution in [1.82, 2.24) is 5.32 Å². The van der Waals surface area contributed by atoms with Gasteiger partial charge in [-0.1, -0.05) is 18.2 Å². The number of anilines is 2. The summed E-state index contributed by atoms with van der Waals surface area (Å²) in [5.74, 6) is -0.318. The van der Waals surface area contributed by atoms with Crippen molar-refractivity contribution in [2.75, 3.05) is 24.2 Å². The van der Waals surface area contributed by atoms with E-state index in [9.17, 15) is 9.59 Å². The second kappa shape index (κ2) is 8.49. The molecule has 2 aromatic rings. The molecule has 0 saturated carbocycles. The van der Waals surface area contributed by atoms with Gasteiger partial charge in [-0.25, -0.2) is 0 Å². The van der Waals surface area contributed by atoms with Gasteiger partial charge in [0.25, 0.3) is 5.91 Å². The van der Waals surface area contributed by atoms with Crippen LogP contribution in [0.1, 0.15) is 28.8 Å². The molecule has 6 nitrogen and oxygen atoms in total. The number of hydrogen-bond donors (Lipinski definition) is 3. The Morgan fingerprint density at radius 3 is 2.69 bits per heavy atom. The highest BCUT2D eigenvalue weighted by molar-refractivity contribution is 5.97. The first-order valence-corrected chi connectivity index (χ1v) is 8.74. The van der Waals surface area contributed by atoms with Crippen LogP contribution in [-0.4, -0.2) is 31.1 Å². The Labute approximate surface area is 152 Å². The molecule has 136 valence electrons. The second-order valence-electron chi connectivity index (χ2n) is 6.39. The van der Waals surface area contributed by atoms with Gasteiger partial charge in [-0.3, -0.25) is 9.59 Å². The summed E-state index contributed by atoms with van der Waals surface area (Å²) < 4.78 is 5.50. The highest BCUT2D eigenvalue weighted by Gasteiger charge is 2.16. The maximum Gasteiger partial charge on any atom is 0.251 e. The Hall–Kier alpha value is -2.86. The molecule has 1 unspecified atom stereocenters. The van der Waals surface area contributed by atoms with E-state index in [0.717, 1.165) is 25.0 Å². The van der Waals surface area contributed by atoms with Gasteiger partial charge >= 0.3 is 0 Å². The van der Waals surface area contributed by atoms with E-state index in [1.54, 1.807) is 36.4 Å². The van der Waals surface area contributed by atoms with E-state index in [0.29, 0.717) is 23.5 Å². The van der Waals surface area contributed by atoms with E-state index in [2.05, 4.69) is 10.6 Å². The lowest BCUT2D eigenvalue weighted by atomic mass is 10.1. The maximum absolute atomic E-state index is 12.3. The number of rotatable bonds is 6. The van der Waals surface area contributed by atoms with Crippen LogP contribution in [0.5, 0.6) is 0 Å². The molecule has 0 bridgehead atoms. The minimum absolute atomic E-state index is 0.0988. The summed E-state index contributed by atoms with van der Waals surface area (Å²) >= 11 is 0. The van der Waals surface area contributed by atoms with E-state index < -0.39 is 0 Å². The topological polar surface area (TPSA) is 93.5 Å². The average molecular weight is 353 g/mol. The number of nitrogens with two attached hydrogens (primary N) is 1. The van der Waals surface area contributed by atoms with Crippen molar-refractivity contribution in [3.8, 4) is 0 Å². The van der Waals surface area contributed by atoms with Crippen molar-refractivity contribution in [3.63, 3.8) is 0 Å². The Morgan fingerprint density at radius 1 is 1.15 bits per heavy atom. The van der Waals surface area contributed by atoms with E-state index in [1.807, 2.05) is 12.1 Å². The number of nitrogens with one attached hydrogen (secondary N) is 2. The third kappa shape index (κ3) is 5.07. The lowest BCUT2D eigenvalue weighted by molar-refractivity contribution is -0.115. The number of carbonyl (C=O) groups excluding carboxylic acids is 2. The fraction of sp³-hybridized carbons (Fsp3) is 0.300. The number of benzene rings is 2. The number of hydrogen-bond acceptors (Lipinski definition) is 4. The Balaban J connectivity index is 1.55. The summed E-state index contributed by atoms with van der Waals surface area (Å²) in [6.07, 6.45) is 2.36. The molecule has 0 aromatic heterocycles. The number of ether oxygens (including phenoxy) is 1. The average Bonchev–Trinajstić information content (AvgIpc) is 3.15. The molecule has 2 aromatic carbocycles. The first-order chi connectivity index (χ1) is 12.6. The van der Waals surface area contributed by atoms with Crippen LogP contribution in [0.2, 0.25) is 0 Å². The third-order valence-corrected chi connectivity index (χ3v) is 4.27. The standard InChI is InChI=1S/C20H23N3O3/c21-16-8-6-14(7-9-16)11-19(24)23-17-4-1-3-15(12-17)20(25)22-13-18-5-2-10-26-18/h1,3-4,6-9,12,18H,2,5,10-11,13,21H2,(H,22,25)(H,23,24). The molecule has 0 radical (unpaired) electrons. The van der Waals surface area contributed by atoms with Crippen molar-refractivity contribution in [3.05, 3.63) is 59.7 Å². The number of nitrogen functional groups attached to an aromatic ring is 1. The molecule has 1 fully saturated rings. The Morgan fingerprint density at radius 2 is 1.96 bits per heavy atom. The first kappa shape index (κ1) is 17.9. The Bertz CT molecular complexity index is 768. The number of amides is 2. The quantitative estimate of drug-likeness (QED) is 0.695. The predicted molar refractivity (Wildman–Crippen MR) is 101 cm³/mol. The molecule has 3 rings (SSSR count). The molecule has 0 aliphatic carbocycles. The summed E-state index contributed by atoms with van der Waals surface area (Å²) in [5.41, 5.74) is 8.28. The molecule has 1 aliphatic rings. The molecule has 1 saturated heterocycles. The molecule has 1 heterocycles. The van der Waals surface area contributed by atoms with Crippen LogP contribution in [0.4, 0.5) is 11.4 Å². The van der Waals surface area contributed by atoms with Gasteiger partial charge in [-0.05, 0) is 48.7 Å². The third-order valence-electron chi connectivity index (χ3n) is 4.27. The smallest absolute Gasteiger partial charge is 0.251 e. The van der Waals surface area contributed by atoms with Crippen LogP contribution in [0.25, 0.3) is 0 Å². The lowest BCUT2D eigenvalue weighted by Crippen LogP contribution is -2.31. The van der Waals surface area contributed by atoms with Crippen LogP contribution in [0.3, 0.4) is 0 Å². The normalized spacial score (nSPS) is 16.2. The van der Waals surface area contributed by atoms with Crippen molar-refractivity contribution >= 4 is 23.2 Å². The molecule has 1 atom stereocenters. The van der Waals surface area contributed by atoms with Crippen molar-refractivity contribution in [2.24, 2.45) is 0 Å². The molecular weight excluding hydrogens is 330 g/mol. The molecule has 2 amide bonds. The molecule has 6 heteroatoms. The fourth-order valence-corrected chi connectivity index (χ4v) is 2.88. The van der Waals surface area contributed by atoms with E-state index >= 15 is 0 Å². The van der Waals surface area contributed by atoms with Crippen molar-refractivity contribution < 1.29 is 14.3 Å². The number of carbonyl (C=O) groups is 2. The SMILES string of the molecule is Nc1ccc(CC(=O)Nc2cccc(C(=O)NCC3CCCO3)c2)cc1. The van der Waals surface area contributed by atoms with Crippen LogP contribution < -0.4 is 16.4 Å². The Kier molecular flexibility index (Phi) is 5.86. The van der Waals surface area contributed by atoms with E-state index in [1.165, 1.54) is 0 Å². The fourth-order valence-electron chi connectivity index (χ4n) is 2.88. The highest BCUT2D eigenvalue weighted by atomic mass is 16.5. The molecule has 1 aliphatic heterocycles. The van der Waals surface area contributed by atoms with Gasteiger partial charge in [-0.15, -0.1) is 0 Å². The summed E-state index contributed by atoms with van der Waals surface area (Å²) in [5, 5.41) is 5.70. The van der Waals surface area contributed by atoms with Gasteiger partial charge in [0, 0.05) is 30.1 Å². The summed E-state index contributed by atoms with van der Waals surface area (Å²) in [7, 11) is 0. The van der Waals surface area contributed by atoms with Gasteiger partial charge in [0.2, 0.25) is 5.91 Å². The maximum atomic E-state index is 12.3. The lowest BCUT2D eigenvalue weighted by Gasteiger charge is -2.11. The zero-order valence-electron chi connectivity index (χ0n) is 14.5. The second-order valence-corrected chi connectivity index (χ2v) is 6.39. The van der Waals surface area contributed by atoms with Gasteiger partial charge in [0.05, 0.1) is 12.5 Å². The molecule has 0 spiro atoms. The van der Waals surface area contributed by atoms with Crippen LogP contribution in [0, 0.1) is 0 Å². The molecule has 26 heavy (non-hydrogen) atoms. The van der Waals surface area contributed by atoms with Crippen LogP contribution in [-0.2, 0) is 16.0 Å². The summed E-state index contributed by atoms with van der Waals surface area (Å²) in [6, 6.07) is 14.1. The highest BCUT2D eigenvalue weighted by Crippen LogP contribution is 2.14. The first-order valence-electron chi connectivity index (χ1n) is 8.74. The summed E-state index contributed by atoms with van der Waals surface area (Å²) in [4.78, 5) is 24.5. The minimum atomic E-state index is -0.171. The van der Waals surface area contributed by atoms with Gasteiger partial charge < -0.3 is 21.1 Å². The summed E-state index contributed by atoms with van der Waals surface area (Å²) in [6.45, 7) is 1.27. The van der Waals surface area contributed by atoms with Crippen molar-refractivity contribution in [2.45, 2.75) is 25.4 Å². The predicted octanol–water partition coefficient (Wildman–Crippen LogP) is 2.36. The zero-order chi connectivity index (χ0) is 18.4. The van der Waals surface area contributed by atoms with Crippen LogP contribution >= 0.6 is 0 Å². The van der Waals surface area contributed by atoms with Crippen molar-refractivity contribution in [1.29, 1.82) is 0 Å². The molecular formula is C20H23N3O3. The van der Waals surface area contributed by atoms with Gasteiger partial charge in [-0.2, -0.15) is 0 Å². The monoisotopic (exact) mass is 353 g/mol. The van der Waals surface area contributed by atoms with E-state index in [-0.39, 0.29) is 24.3 Å². The largest absolute Gasteiger partial charge is 0.399 e. The van der Waals surface area contributed by atoms with Crippen LogP contribution in [0.15, 0.2) is 48.5 Å². The molecule has 4 N–H and O–H groups in total. The van der Waals surface area contributed by atoms with Gasteiger partial charge in [0.15, 0.2) is 0 Å². The van der Waals surface area contributed by atoms with E-state index in [4.69, 9.17) is 10.5 Å².